The van der Waals surface area contributed by atoms with Crippen LogP contribution in [0.4, 0.5) is 5.69 Å². The zero-order valence-electron chi connectivity index (χ0n) is 19.9. The van der Waals surface area contributed by atoms with Crippen molar-refractivity contribution >= 4 is 23.3 Å². The van der Waals surface area contributed by atoms with E-state index in [1.54, 1.807) is 27.0 Å². The SMILES string of the molecule is CN[C@@H]1C(=O)C[C@@H](C)C(=O)N[C@H](C(=O)OC)Cc2cc(c(C)c([N+](=O)[O-])c2)-c2cc1ccc2C. The van der Waals surface area contributed by atoms with Gasteiger partial charge < -0.3 is 15.4 Å². The summed E-state index contributed by atoms with van der Waals surface area (Å²) in [5.74, 6) is -2.01. The summed E-state index contributed by atoms with van der Waals surface area (Å²) in [6.45, 7) is 5.19. The number of Topliss-reactive ketones (excluding diaryl/α,β-unsaturated/α-hetero) is 1. The minimum absolute atomic E-state index is 0.00504. The Hall–Kier alpha value is -3.59. The van der Waals surface area contributed by atoms with Gasteiger partial charge in [0, 0.05) is 30.4 Å². The Morgan fingerprint density at radius 2 is 1.85 bits per heavy atom. The molecule has 0 spiro atoms. The van der Waals surface area contributed by atoms with Gasteiger partial charge in [-0.15, -0.1) is 0 Å². The average molecular weight is 468 g/mol. The fraction of sp³-hybridized carbons (Fsp3) is 0.400. The van der Waals surface area contributed by atoms with Gasteiger partial charge in [-0.05, 0) is 54.8 Å². The number of rotatable bonds is 3. The van der Waals surface area contributed by atoms with Crippen LogP contribution in [0.5, 0.6) is 0 Å². The number of nitro benzene ring substituents is 1. The monoisotopic (exact) mass is 467 g/mol. The highest BCUT2D eigenvalue weighted by atomic mass is 16.6. The lowest BCUT2D eigenvalue weighted by Crippen LogP contribution is -2.45. The zero-order valence-corrected chi connectivity index (χ0v) is 19.9. The number of aryl methyl sites for hydroxylation is 1. The highest BCUT2D eigenvalue weighted by molar-refractivity contribution is 5.92. The molecule has 34 heavy (non-hydrogen) atoms. The standard InChI is InChI=1S/C25H29N3O6/c1-13-6-7-17-12-18(13)19-9-16(11-21(15(19)3)28(32)33)10-20(25(31)34-5)27-24(30)14(2)8-22(29)23(17)26-4/h6-7,9,11-12,14,20,23,26H,8,10H2,1-5H3,(H,27,30)/t14-,20+,23+/m1/s1. The van der Waals surface area contributed by atoms with Gasteiger partial charge in [0.05, 0.1) is 18.1 Å². The fourth-order valence-electron chi connectivity index (χ4n) is 4.36. The van der Waals surface area contributed by atoms with Crippen LogP contribution >= 0.6 is 0 Å². The number of methoxy groups -OCH3 is 1. The molecule has 0 radical (unpaired) electrons. The van der Waals surface area contributed by atoms with Crippen molar-refractivity contribution in [1.29, 1.82) is 0 Å². The molecular formula is C25H29N3O6. The number of fused-ring (bicyclic) bond motifs is 5. The van der Waals surface area contributed by atoms with Crippen molar-refractivity contribution in [3.8, 4) is 11.1 Å². The Kier molecular flexibility index (Phi) is 7.46. The van der Waals surface area contributed by atoms with Crippen LogP contribution in [-0.4, -0.2) is 42.8 Å². The second kappa shape index (κ2) is 10.1. The van der Waals surface area contributed by atoms with Crippen LogP contribution in [0, 0.1) is 29.9 Å². The first-order chi connectivity index (χ1) is 16.1. The summed E-state index contributed by atoms with van der Waals surface area (Å²) in [5, 5.41) is 17.5. The van der Waals surface area contributed by atoms with Crippen LogP contribution < -0.4 is 10.6 Å². The number of amides is 1. The summed E-state index contributed by atoms with van der Waals surface area (Å²) >= 11 is 0. The maximum Gasteiger partial charge on any atom is 0.328 e. The molecule has 1 heterocycles. The summed E-state index contributed by atoms with van der Waals surface area (Å²) in [4.78, 5) is 49.8. The van der Waals surface area contributed by atoms with E-state index in [4.69, 9.17) is 4.74 Å². The van der Waals surface area contributed by atoms with Crippen molar-refractivity contribution in [3.63, 3.8) is 0 Å². The van der Waals surface area contributed by atoms with Crippen LogP contribution in [0.25, 0.3) is 11.1 Å². The molecule has 3 atom stereocenters. The van der Waals surface area contributed by atoms with Crippen LogP contribution in [0.15, 0.2) is 30.3 Å². The molecule has 0 fully saturated rings. The molecule has 9 heteroatoms. The molecule has 2 aromatic rings. The lowest BCUT2D eigenvalue weighted by Gasteiger charge is -2.23. The first-order valence-corrected chi connectivity index (χ1v) is 11.0. The molecule has 1 aliphatic heterocycles. The molecule has 1 aliphatic rings. The summed E-state index contributed by atoms with van der Waals surface area (Å²) in [5.41, 5.74) is 3.88. The molecule has 0 aliphatic carbocycles. The number of nitrogens with zero attached hydrogens (tertiary/aromatic N) is 1. The molecule has 0 saturated heterocycles. The van der Waals surface area contributed by atoms with E-state index in [1.807, 2.05) is 25.1 Å². The second-order valence-electron chi connectivity index (χ2n) is 8.70. The lowest BCUT2D eigenvalue weighted by atomic mass is 9.87. The molecule has 2 N–H and O–H groups in total. The fourth-order valence-corrected chi connectivity index (χ4v) is 4.36. The topological polar surface area (TPSA) is 128 Å². The third kappa shape index (κ3) is 4.99. The van der Waals surface area contributed by atoms with Crippen molar-refractivity contribution < 1.29 is 24.0 Å². The number of ketones is 1. The number of carbonyl (C=O) groups excluding carboxylic acids is 3. The van der Waals surface area contributed by atoms with Gasteiger partial charge >= 0.3 is 5.97 Å². The highest BCUT2D eigenvalue weighted by Gasteiger charge is 2.30. The minimum Gasteiger partial charge on any atom is -0.467 e. The second-order valence-corrected chi connectivity index (χ2v) is 8.70. The Labute approximate surface area is 198 Å². The molecule has 0 unspecified atom stereocenters. The zero-order chi connectivity index (χ0) is 25.2. The molecule has 9 nitrogen and oxygen atoms in total. The van der Waals surface area contributed by atoms with E-state index < -0.39 is 34.8 Å². The van der Waals surface area contributed by atoms with Crippen LogP contribution in [0.1, 0.15) is 41.6 Å². The van der Waals surface area contributed by atoms with E-state index in [2.05, 4.69) is 10.6 Å². The molecule has 0 saturated carbocycles. The summed E-state index contributed by atoms with van der Waals surface area (Å²) in [6.07, 6.45) is -0.0185. The van der Waals surface area contributed by atoms with Crippen LogP contribution in [0.3, 0.4) is 0 Å². The van der Waals surface area contributed by atoms with Gasteiger partial charge in [0.2, 0.25) is 5.91 Å². The Balaban J connectivity index is 2.30. The molecule has 4 bridgehead atoms. The molecular weight excluding hydrogens is 438 g/mol. The van der Waals surface area contributed by atoms with E-state index in [9.17, 15) is 24.5 Å². The van der Waals surface area contributed by atoms with Gasteiger partial charge in [-0.2, -0.15) is 0 Å². The number of carbonyl (C=O) groups is 3. The van der Waals surface area contributed by atoms with Gasteiger partial charge in [-0.3, -0.25) is 19.7 Å². The lowest BCUT2D eigenvalue weighted by molar-refractivity contribution is -0.385. The Morgan fingerprint density at radius 1 is 1.15 bits per heavy atom. The van der Waals surface area contributed by atoms with Crippen LogP contribution in [-0.2, 0) is 25.5 Å². The van der Waals surface area contributed by atoms with Crippen molar-refractivity contribution in [1.82, 2.24) is 10.6 Å². The number of hydrogen-bond donors (Lipinski definition) is 2. The van der Waals surface area contributed by atoms with Gasteiger partial charge in [-0.1, -0.05) is 25.1 Å². The highest BCUT2D eigenvalue weighted by Crippen LogP contribution is 2.36. The number of nitrogens with one attached hydrogen (secondary N) is 2. The minimum atomic E-state index is -1.05. The number of ether oxygens (including phenoxy) is 1. The van der Waals surface area contributed by atoms with Crippen molar-refractivity contribution in [2.24, 2.45) is 5.92 Å². The average Bonchev–Trinajstić information content (AvgIpc) is 2.79. The number of hydrogen-bond acceptors (Lipinski definition) is 7. The van der Waals surface area contributed by atoms with Crippen molar-refractivity contribution in [2.75, 3.05) is 14.2 Å². The van der Waals surface area contributed by atoms with Crippen LogP contribution in [0.2, 0.25) is 0 Å². The van der Waals surface area contributed by atoms with E-state index in [0.717, 1.165) is 11.1 Å². The number of nitro groups is 1. The van der Waals surface area contributed by atoms with Gasteiger partial charge in [0.25, 0.3) is 5.69 Å². The normalized spacial score (nSPS) is 20.8. The maximum atomic E-state index is 13.1. The Bertz CT molecular complexity index is 1160. The van der Waals surface area contributed by atoms with E-state index in [-0.39, 0.29) is 24.3 Å². The molecule has 0 aromatic heterocycles. The van der Waals surface area contributed by atoms with Crippen molar-refractivity contribution in [2.45, 2.75) is 45.7 Å². The Morgan fingerprint density at radius 3 is 2.47 bits per heavy atom. The van der Waals surface area contributed by atoms with Gasteiger partial charge in [0.15, 0.2) is 5.78 Å². The molecule has 3 rings (SSSR count). The maximum absolute atomic E-state index is 13.1. The van der Waals surface area contributed by atoms with E-state index in [1.165, 1.54) is 13.2 Å². The van der Waals surface area contributed by atoms with E-state index >= 15 is 0 Å². The van der Waals surface area contributed by atoms with Crippen molar-refractivity contribution in [3.05, 3.63) is 62.7 Å². The summed E-state index contributed by atoms with van der Waals surface area (Å²) < 4.78 is 4.86. The van der Waals surface area contributed by atoms with Gasteiger partial charge in [0.1, 0.15) is 6.04 Å². The third-order valence-corrected chi connectivity index (χ3v) is 6.33. The number of likely N-dealkylation sites (N-methyl/N-ethyl adjacent to an activating group) is 1. The third-order valence-electron chi connectivity index (χ3n) is 6.33. The van der Waals surface area contributed by atoms with Gasteiger partial charge in [-0.25, -0.2) is 4.79 Å². The number of esters is 1. The summed E-state index contributed by atoms with van der Waals surface area (Å²) in [7, 11) is 2.88. The predicted molar refractivity (Wildman–Crippen MR) is 126 cm³/mol. The quantitative estimate of drug-likeness (QED) is 0.403. The first-order valence-electron chi connectivity index (χ1n) is 11.0. The largest absolute Gasteiger partial charge is 0.467 e. The predicted octanol–water partition coefficient (Wildman–Crippen LogP) is 2.95. The van der Waals surface area contributed by atoms with E-state index in [0.29, 0.717) is 22.3 Å². The summed E-state index contributed by atoms with van der Waals surface area (Å²) in [6, 6.07) is 7.08. The first kappa shape index (κ1) is 25.0. The molecule has 1 amide bonds. The molecule has 180 valence electrons. The smallest absolute Gasteiger partial charge is 0.328 e. The number of benzene rings is 2. The molecule has 2 aromatic carbocycles.